The molecule has 3 heterocycles. The van der Waals surface area contributed by atoms with Crippen LogP contribution in [0.4, 0.5) is 0 Å². The maximum absolute atomic E-state index is 13.9. The van der Waals surface area contributed by atoms with Crippen LogP contribution >= 0.6 is 0 Å². The summed E-state index contributed by atoms with van der Waals surface area (Å²) in [5.41, 5.74) is 2.78. The number of furan rings is 1. The third-order valence-corrected chi connectivity index (χ3v) is 10.2. The predicted octanol–water partition coefficient (Wildman–Crippen LogP) is 4.35. The molecule has 0 spiro atoms. The number of benzene rings is 2. The van der Waals surface area contributed by atoms with Gasteiger partial charge >= 0.3 is 0 Å². The van der Waals surface area contributed by atoms with Crippen molar-refractivity contribution in [3.05, 3.63) is 102 Å². The Morgan fingerprint density at radius 3 is 2.50 bits per heavy atom. The van der Waals surface area contributed by atoms with Crippen LogP contribution in [-0.4, -0.2) is 86.8 Å². The first-order valence-corrected chi connectivity index (χ1v) is 17.7. The molecule has 4 aromatic rings. The SMILES string of the molecule is CC(C)(C)NC(=O)[C@@H]1CN(C(C)(C)c2cc3cnccc3o2)CCN1C[C@@H](O)C[C@@H](Cc1ccccc1)C(=O)N[C@H]1c2ccccc2C[C@H]1O. The van der Waals surface area contributed by atoms with E-state index in [0.717, 1.165) is 33.4 Å². The first-order chi connectivity index (χ1) is 23.8. The Morgan fingerprint density at radius 1 is 1.02 bits per heavy atom. The Labute approximate surface area is 294 Å². The molecule has 2 aliphatic rings. The molecule has 2 amide bonds. The van der Waals surface area contributed by atoms with Crippen molar-refractivity contribution in [3.8, 4) is 0 Å². The number of piperazine rings is 1. The molecule has 1 fully saturated rings. The summed E-state index contributed by atoms with van der Waals surface area (Å²) in [6, 6.07) is 20.4. The number of carbonyl (C=O) groups is 2. The zero-order valence-electron chi connectivity index (χ0n) is 29.8. The highest BCUT2D eigenvalue weighted by atomic mass is 16.3. The third-order valence-electron chi connectivity index (χ3n) is 10.2. The fourth-order valence-corrected chi connectivity index (χ4v) is 7.46. The van der Waals surface area contributed by atoms with Gasteiger partial charge in [0.25, 0.3) is 0 Å². The van der Waals surface area contributed by atoms with Gasteiger partial charge in [-0.15, -0.1) is 0 Å². The van der Waals surface area contributed by atoms with E-state index in [4.69, 9.17) is 4.42 Å². The number of aromatic nitrogens is 1. The highest BCUT2D eigenvalue weighted by Crippen LogP contribution is 2.35. The molecule has 10 heteroatoms. The summed E-state index contributed by atoms with van der Waals surface area (Å²) >= 11 is 0. The lowest BCUT2D eigenvalue weighted by atomic mass is 9.91. The van der Waals surface area contributed by atoms with Crippen LogP contribution in [0.5, 0.6) is 0 Å². The lowest BCUT2D eigenvalue weighted by Crippen LogP contribution is -2.64. The van der Waals surface area contributed by atoms with E-state index in [0.29, 0.717) is 32.5 Å². The summed E-state index contributed by atoms with van der Waals surface area (Å²) in [5, 5.41) is 29.7. The van der Waals surface area contributed by atoms with Crippen LogP contribution in [0.15, 0.2) is 83.5 Å². The summed E-state index contributed by atoms with van der Waals surface area (Å²) in [5.74, 6) is -0.0551. The van der Waals surface area contributed by atoms with Crippen molar-refractivity contribution in [2.45, 2.75) is 89.3 Å². The number of carbonyl (C=O) groups excluding carboxylic acids is 2. The fraction of sp³-hybridized carbons (Fsp3) is 0.475. The topological polar surface area (TPSA) is 131 Å². The number of aliphatic hydroxyl groups excluding tert-OH is 2. The molecule has 0 unspecified atom stereocenters. The third kappa shape index (κ3) is 8.10. The zero-order chi connectivity index (χ0) is 35.6. The van der Waals surface area contributed by atoms with Gasteiger partial charge in [-0.05, 0) is 76.3 Å². The molecule has 266 valence electrons. The molecule has 4 N–H and O–H groups in total. The van der Waals surface area contributed by atoms with Gasteiger partial charge < -0.3 is 25.3 Å². The van der Waals surface area contributed by atoms with Gasteiger partial charge in [0.2, 0.25) is 11.8 Å². The fourth-order valence-electron chi connectivity index (χ4n) is 7.46. The molecule has 6 rings (SSSR count). The van der Waals surface area contributed by atoms with Crippen molar-refractivity contribution in [1.82, 2.24) is 25.4 Å². The van der Waals surface area contributed by atoms with Gasteiger partial charge in [0.15, 0.2) is 0 Å². The quantitative estimate of drug-likeness (QED) is 0.184. The van der Waals surface area contributed by atoms with E-state index in [9.17, 15) is 19.8 Å². The number of aliphatic hydroxyl groups is 2. The molecular weight excluding hydrogens is 630 g/mol. The summed E-state index contributed by atoms with van der Waals surface area (Å²) in [6.45, 7) is 12.0. The molecule has 10 nitrogen and oxygen atoms in total. The molecule has 1 aliphatic carbocycles. The number of rotatable bonds is 11. The molecule has 1 saturated heterocycles. The van der Waals surface area contributed by atoms with Gasteiger partial charge in [0.05, 0.1) is 23.8 Å². The van der Waals surface area contributed by atoms with Crippen molar-refractivity contribution in [2.24, 2.45) is 5.92 Å². The van der Waals surface area contributed by atoms with E-state index in [1.807, 2.05) is 87.5 Å². The van der Waals surface area contributed by atoms with E-state index in [1.54, 1.807) is 12.4 Å². The van der Waals surface area contributed by atoms with Crippen LogP contribution < -0.4 is 10.6 Å². The van der Waals surface area contributed by atoms with Gasteiger partial charge in [-0.2, -0.15) is 0 Å². The Balaban J connectivity index is 1.19. The molecule has 2 aromatic carbocycles. The average molecular weight is 682 g/mol. The number of nitrogens with zero attached hydrogens (tertiary/aromatic N) is 3. The highest BCUT2D eigenvalue weighted by molar-refractivity contribution is 5.83. The normalized spacial score (nSPS) is 21.5. The molecule has 0 bridgehead atoms. The largest absolute Gasteiger partial charge is 0.459 e. The summed E-state index contributed by atoms with van der Waals surface area (Å²) in [7, 11) is 0. The molecule has 2 aromatic heterocycles. The van der Waals surface area contributed by atoms with Crippen molar-refractivity contribution in [3.63, 3.8) is 0 Å². The Kier molecular flexibility index (Phi) is 10.5. The number of nitrogens with one attached hydrogen (secondary N) is 2. The van der Waals surface area contributed by atoms with Crippen molar-refractivity contribution in [1.29, 1.82) is 0 Å². The van der Waals surface area contributed by atoms with Crippen LogP contribution in [0.2, 0.25) is 0 Å². The van der Waals surface area contributed by atoms with Gasteiger partial charge in [0.1, 0.15) is 17.4 Å². The second-order valence-corrected chi connectivity index (χ2v) is 15.5. The maximum Gasteiger partial charge on any atom is 0.239 e. The molecule has 5 atom stereocenters. The van der Waals surface area contributed by atoms with Gasteiger partial charge in [-0.25, -0.2) is 0 Å². The van der Waals surface area contributed by atoms with E-state index < -0.39 is 41.3 Å². The van der Waals surface area contributed by atoms with Crippen molar-refractivity contribution in [2.75, 3.05) is 26.2 Å². The Hall–Kier alpha value is -4.09. The summed E-state index contributed by atoms with van der Waals surface area (Å²) in [6.07, 6.45) is 3.05. The van der Waals surface area contributed by atoms with Gasteiger partial charge in [-0.3, -0.25) is 24.4 Å². The lowest BCUT2D eigenvalue weighted by Gasteiger charge is -2.47. The van der Waals surface area contributed by atoms with Crippen molar-refractivity contribution >= 4 is 22.8 Å². The standard InChI is InChI=1S/C40H51N5O5/c1-39(2,3)43-38(49)32-25-45(40(4,5)35-22-29-23-41-16-15-34(29)50-35)18-17-44(32)24-30(46)20-28(19-26-11-7-6-8-12-26)37(48)42-36-31-14-10-9-13-27(31)21-33(36)47/h6-16,22-23,28,30,32-33,36,46-47H,17-21,24-25H2,1-5H3,(H,42,48)(H,43,49)/t28-,30+,32+,33-,36+/m1/s1. The first kappa shape index (κ1) is 35.7. The van der Waals surface area contributed by atoms with Crippen LogP contribution in [0, 0.1) is 5.92 Å². The maximum atomic E-state index is 13.9. The van der Waals surface area contributed by atoms with Gasteiger partial charge in [0, 0.05) is 61.8 Å². The zero-order valence-corrected chi connectivity index (χ0v) is 29.8. The molecule has 50 heavy (non-hydrogen) atoms. The van der Waals surface area contributed by atoms with E-state index >= 15 is 0 Å². The summed E-state index contributed by atoms with van der Waals surface area (Å²) < 4.78 is 6.25. The monoisotopic (exact) mass is 681 g/mol. The first-order valence-electron chi connectivity index (χ1n) is 17.7. The van der Waals surface area contributed by atoms with E-state index in [-0.39, 0.29) is 24.8 Å². The Bertz CT molecular complexity index is 1750. The second kappa shape index (κ2) is 14.6. The molecular formula is C40H51N5O5. The van der Waals surface area contributed by atoms with E-state index in [1.165, 1.54) is 0 Å². The van der Waals surface area contributed by atoms with Crippen molar-refractivity contribution < 1.29 is 24.2 Å². The minimum atomic E-state index is -0.873. The average Bonchev–Trinajstić information content (AvgIpc) is 3.65. The minimum absolute atomic E-state index is 0.105. The lowest BCUT2D eigenvalue weighted by molar-refractivity contribution is -0.134. The Morgan fingerprint density at radius 2 is 1.76 bits per heavy atom. The van der Waals surface area contributed by atoms with Gasteiger partial charge in [-0.1, -0.05) is 54.6 Å². The number of hydrogen-bond donors (Lipinski definition) is 4. The molecule has 1 aliphatic heterocycles. The van der Waals surface area contributed by atoms with Crippen LogP contribution in [-0.2, 0) is 28.0 Å². The summed E-state index contributed by atoms with van der Waals surface area (Å²) in [4.78, 5) is 36.4. The van der Waals surface area contributed by atoms with Crippen LogP contribution in [0.1, 0.15) is 69.5 Å². The number of pyridine rings is 1. The van der Waals surface area contributed by atoms with E-state index in [2.05, 4.69) is 39.3 Å². The predicted molar refractivity (Wildman–Crippen MR) is 193 cm³/mol. The minimum Gasteiger partial charge on any atom is -0.459 e. The van der Waals surface area contributed by atoms with Crippen LogP contribution in [0.25, 0.3) is 11.0 Å². The van der Waals surface area contributed by atoms with Crippen LogP contribution in [0.3, 0.4) is 0 Å². The highest BCUT2D eigenvalue weighted by Gasteiger charge is 2.42. The second-order valence-electron chi connectivity index (χ2n) is 15.5. The number of amides is 2. The number of fused-ring (bicyclic) bond motifs is 2. The number of hydrogen-bond acceptors (Lipinski definition) is 8. The smallest absolute Gasteiger partial charge is 0.239 e. The molecule has 0 saturated carbocycles. The molecule has 0 radical (unpaired) electrons. The number of β-amino-alcohol motifs (C(OH)–C–C–N with tert-alkyl or cyclic N) is 1.